The van der Waals surface area contributed by atoms with Crippen molar-refractivity contribution in [2.24, 2.45) is 0 Å². The number of nitrogens with zero attached hydrogens (tertiary/aromatic N) is 5. The van der Waals surface area contributed by atoms with Gasteiger partial charge in [0.15, 0.2) is 5.69 Å². The van der Waals surface area contributed by atoms with Crippen LogP contribution >= 0.6 is 0 Å². The topological polar surface area (TPSA) is 135 Å². The van der Waals surface area contributed by atoms with Crippen molar-refractivity contribution in [1.82, 2.24) is 24.1 Å². The summed E-state index contributed by atoms with van der Waals surface area (Å²) in [6, 6.07) is 7.14. The van der Waals surface area contributed by atoms with Gasteiger partial charge in [-0.05, 0) is 56.0 Å². The molecule has 0 spiro atoms. The van der Waals surface area contributed by atoms with Gasteiger partial charge in [-0.25, -0.2) is 18.4 Å². The normalized spacial score (nSPS) is 16.6. The number of oxazole rings is 1. The number of methoxy groups -OCH3 is 1. The van der Waals surface area contributed by atoms with Gasteiger partial charge < -0.3 is 19.8 Å². The fraction of sp³-hybridized carbons (Fsp3) is 0.444. The number of carbonyl (C=O) groups is 1. The van der Waals surface area contributed by atoms with E-state index in [-0.39, 0.29) is 35.0 Å². The van der Waals surface area contributed by atoms with E-state index in [1.54, 1.807) is 44.2 Å². The Morgan fingerprint density at radius 3 is 2.49 bits per heavy atom. The predicted molar refractivity (Wildman–Crippen MR) is 145 cm³/mol. The number of carbonyl (C=O) groups excluding carboxylic acids is 1. The van der Waals surface area contributed by atoms with Gasteiger partial charge in [0.2, 0.25) is 15.9 Å². The Labute approximate surface area is 228 Å². The SMILES string of the molecule is COc1cc(C)c(S(=O)(=O)N(Cc2nc(C(=O)N3CCN(Cc4cccnc4N)CC3)co2)C2CC2)c(C)c1. The summed E-state index contributed by atoms with van der Waals surface area (Å²) in [6.45, 7) is 6.64. The molecule has 1 saturated carbocycles. The molecule has 39 heavy (non-hydrogen) atoms. The maximum atomic E-state index is 13.8. The molecule has 1 aliphatic heterocycles. The minimum absolute atomic E-state index is 0.0362. The molecule has 1 amide bonds. The first-order chi connectivity index (χ1) is 18.7. The molecule has 2 aromatic heterocycles. The summed E-state index contributed by atoms with van der Waals surface area (Å²) in [6.07, 6.45) is 4.54. The van der Waals surface area contributed by atoms with Gasteiger partial charge in [-0.1, -0.05) is 6.07 Å². The Morgan fingerprint density at radius 1 is 1.18 bits per heavy atom. The molecular weight excluding hydrogens is 520 g/mol. The first-order valence-electron chi connectivity index (χ1n) is 13.0. The van der Waals surface area contributed by atoms with Gasteiger partial charge in [-0.3, -0.25) is 9.69 Å². The second-order valence-corrected chi connectivity index (χ2v) is 11.9. The molecule has 3 aromatic rings. The zero-order valence-electron chi connectivity index (χ0n) is 22.5. The fourth-order valence-electron chi connectivity index (χ4n) is 5.04. The van der Waals surface area contributed by atoms with Crippen LogP contribution in [0.5, 0.6) is 5.75 Å². The number of pyridine rings is 1. The Hall–Kier alpha value is -3.48. The Bertz CT molecular complexity index is 1440. The Morgan fingerprint density at radius 2 is 1.87 bits per heavy atom. The molecule has 2 fully saturated rings. The quantitative estimate of drug-likeness (QED) is 0.423. The summed E-state index contributed by atoms with van der Waals surface area (Å²) < 4.78 is 39.9. The van der Waals surface area contributed by atoms with Gasteiger partial charge in [-0.2, -0.15) is 4.31 Å². The van der Waals surface area contributed by atoms with Crippen molar-refractivity contribution < 1.29 is 22.4 Å². The van der Waals surface area contributed by atoms with Crippen LogP contribution in [-0.2, 0) is 23.1 Å². The lowest BCUT2D eigenvalue weighted by atomic mass is 10.1. The number of amides is 1. The fourth-order valence-corrected chi connectivity index (χ4v) is 7.09. The number of benzene rings is 1. The Kier molecular flexibility index (Phi) is 7.61. The highest BCUT2D eigenvalue weighted by atomic mass is 32.2. The third kappa shape index (κ3) is 5.77. The molecule has 3 heterocycles. The van der Waals surface area contributed by atoms with Gasteiger partial charge in [0, 0.05) is 50.5 Å². The molecule has 1 aromatic carbocycles. The lowest BCUT2D eigenvalue weighted by molar-refractivity contribution is 0.0622. The number of rotatable bonds is 9. The van der Waals surface area contributed by atoms with Crippen molar-refractivity contribution in [3.8, 4) is 5.75 Å². The van der Waals surface area contributed by atoms with Crippen LogP contribution in [-0.4, -0.2) is 77.7 Å². The molecule has 208 valence electrons. The summed E-state index contributed by atoms with van der Waals surface area (Å²) in [4.78, 5) is 25.9. The maximum absolute atomic E-state index is 13.8. The molecular formula is C27H34N6O5S. The van der Waals surface area contributed by atoms with E-state index in [2.05, 4.69) is 14.9 Å². The average Bonchev–Trinajstić information content (AvgIpc) is 3.64. The van der Waals surface area contributed by atoms with E-state index >= 15 is 0 Å². The van der Waals surface area contributed by atoms with Crippen LogP contribution in [0, 0.1) is 13.8 Å². The van der Waals surface area contributed by atoms with E-state index in [1.165, 1.54) is 10.6 Å². The lowest BCUT2D eigenvalue weighted by Crippen LogP contribution is -2.48. The zero-order chi connectivity index (χ0) is 27.7. The summed E-state index contributed by atoms with van der Waals surface area (Å²) in [5, 5.41) is 0. The highest BCUT2D eigenvalue weighted by molar-refractivity contribution is 7.89. The molecule has 2 aliphatic rings. The summed E-state index contributed by atoms with van der Waals surface area (Å²) in [5.74, 6) is 1.10. The van der Waals surface area contributed by atoms with Crippen LogP contribution in [0.4, 0.5) is 5.82 Å². The number of piperazine rings is 1. The monoisotopic (exact) mass is 554 g/mol. The summed E-state index contributed by atoms with van der Waals surface area (Å²) in [7, 11) is -2.27. The third-order valence-electron chi connectivity index (χ3n) is 7.23. The number of sulfonamides is 1. The number of anilines is 1. The minimum atomic E-state index is -3.83. The van der Waals surface area contributed by atoms with E-state index in [9.17, 15) is 13.2 Å². The van der Waals surface area contributed by atoms with Crippen molar-refractivity contribution in [2.45, 2.75) is 50.7 Å². The molecule has 2 N–H and O–H groups in total. The van der Waals surface area contributed by atoms with E-state index in [0.29, 0.717) is 55.4 Å². The number of hydrogen-bond donors (Lipinski definition) is 1. The maximum Gasteiger partial charge on any atom is 0.275 e. The highest BCUT2D eigenvalue weighted by Crippen LogP contribution is 2.36. The van der Waals surface area contributed by atoms with Crippen molar-refractivity contribution >= 4 is 21.7 Å². The number of nitrogens with two attached hydrogens (primary N) is 1. The molecule has 1 saturated heterocycles. The van der Waals surface area contributed by atoms with Crippen LogP contribution in [0.25, 0.3) is 0 Å². The van der Waals surface area contributed by atoms with Crippen LogP contribution in [0.2, 0.25) is 0 Å². The molecule has 1 aliphatic carbocycles. The molecule has 0 bridgehead atoms. The number of aromatic nitrogens is 2. The Balaban J connectivity index is 1.25. The molecule has 12 heteroatoms. The zero-order valence-corrected chi connectivity index (χ0v) is 23.3. The van der Waals surface area contributed by atoms with Gasteiger partial charge in [0.05, 0.1) is 18.6 Å². The van der Waals surface area contributed by atoms with Crippen LogP contribution in [0.3, 0.4) is 0 Å². The molecule has 0 atom stereocenters. The smallest absolute Gasteiger partial charge is 0.275 e. The molecule has 0 unspecified atom stereocenters. The third-order valence-corrected chi connectivity index (χ3v) is 9.44. The minimum Gasteiger partial charge on any atom is -0.497 e. The van der Waals surface area contributed by atoms with E-state index < -0.39 is 10.0 Å². The van der Waals surface area contributed by atoms with Crippen molar-refractivity contribution in [3.05, 3.63) is 65.0 Å². The second kappa shape index (κ2) is 10.9. The van der Waals surface area contributed by atoms with Gasteiger partial charge in [0.1, 0.15) is 17.8 Å². The van der Waals surface area contributed by atoms with Crippen LogP contribution < -0.4 is 10.5 Å². The summed E-state index contributed by atoms with van der Waals surface area (Å²) >= 11 is 0. The number of aryl methyl sites for hydroxylation is 2. The highest BCUT2D eigenvalue weighted by Gasteiger charge is 2.40. The first-order valence-corrected chi connectivity index (χ1v) is 14.4. The molecule has 0 radical (unpaired) electrons. The van der Waals surface area contributed by atoms with E-state index in [4.69, 9.17) is 14.9 Å². The second-order valence-electron chi connectivity index (χ2n) is 10.1. The average molecular weight is 555 g/mol. The van der Waals surface area contributed by atoms with Gasteiger partial charge in [0.25, 0.3) is 5.91 Å². The largest absolute Gasteiger partial charge is 0.497 e. The van der Waals surface area contributed by atoms with Gasteiger partial charge >= 0.3 is 0 Å². The number of nitrogen functional groups attached to an aromatic ring is 1. The number of hydrogen-bond acceptors (Lipinski definition) is 9. The van der Waals surface area contributed by atoms with Crippen molar-refractivity contribution in [3.63, 3.8) is 0 Å². The lowest BCUT2D eigenvalue weighted by Gasteiger charge is -2.34. The summed E-state index contributed by atoms with van der Waals surface area (Å²) in [5.41, 5.74) is 8.35. The van der Waals surface area contributed by atoms with Gasteiger partial charge in [-0.15, -0.1) is 0 Å². The first kappa shape index (κ1) is 27.1. The van der Waals surface area contributed by atoms with Crippen molar-refractivity contribution in [1.29, 1.82) is 0 Å². The molecule has 5 rings (SSSR count). The predicted octanol–water partition coefficient (Wildman–Crippen LogP) is 2.59. The molecule has 11 nitrogen and oxygen atoms in total. The van der Waals surface area contributed by atoms with E-state index in [0.717, 1.165) is 18.4 Å². The standard InChI is InChI=1S/C27H34N6O5S/c1-18-13-22(37-3)14-19(2)25(18)39(35,36)33(21-6-7-21)16-24-30-23(17-38-24)27(34)32-11-9-31(10-12-32)15-20-5-4-8-29-26(20)28/h4-5,8,13-14,17,21H,6-7,9-12,15-16H2,1-3H3,(H2,28,29). The number of ether oxygens (including phenoxy) is 1. The van der Waals surface area contributed by atoms with E-state index in [1.807, 2.05) is 12.1 Å². The van der Waals surface area contributed by atoms with Crippen molar-refractivity contribution in [2.75, 3.05) is 39.0 Å². The van der Waals surface area contributed by atoms with Crippen LogP contribution in [0.1, 0.15) is 45.9 Å². The van der Waals surface area contributed by atoms with Crippen LogP contribution in [0.15, 0.2) is 46.0 Å².